The van der Waals surface area contributed by atoms with Crippen molar-refractivity contribution in [2.45, 2.75) is 26.3 Å². The van der Waals surface area contributed by atoms with Gasteiger partial charge in [0, 0.05) is 12.5 Å². The summed E-state index contributed by atoms with van der Waals surface area (Å²) in [6.07, 6.45) is -4.39. The van der Waals surface area contributed by atoms with Crippen molar-refractivity contribution in [3.63, 3.8) is 0 Å². The van der Waals surface area contributed by atoms with Gasteiger partial charge in [-0.2, -0.15) is 18.3 Å². The summed E-state index contributed by atoms with van der Waals surface area (Å²) >= 11 is 0. The number of esters is 1. The van der Waals surface area contributed by atoms with Gasteiger partial charge in [-0.25, -0.2) is 4.79 Å². The van der Waals surface area contributed by atoms with Crippen LogP contribution in [-0.4, -0.2) is 29.5 Å². The molecular weight excluding hydrogens is 373 g/mol. The Bertz CT molecular complexity index is 979. The summed E-state index contributed by atoms with van der Waals surface area (Å²) in [7, 11) is 1.58. The Hall–Kier alpha value is -2.87. The molecule has 5 nitrogen and oxygen atoms in total. The van der Waals surface area contributed by atoms with Gasteiger partial charge in [0.15, 0.2) is 5.69 Å². The molecule has 8 heteroatoms. The summed E-state index contributed by atoms with van der Waals surface area (Å²) in [6.45, 7) is 2.52. The normalized spacial score (nSPS) is 11.8. The smallest absolute Gasteiger partial charge is 0.416 e. The molecule has 0 aliphatic carbocycles. The zero-order chi connectivity index (χ0) is 20.3. The highest BCUT2D eigenvalue weighted by Crippen LogP contribution is 2.29. The van der Waals surface area contributed by atoms with Crippen molar-refractivity contribution in [3.05, 3.63) is 64.8 Å². The first-order valence-electron chi connectivity index (χ1n) is 8.65. The minimum atomic E-state index is -4.39. The van der Waals surface area contributed by atoms with E-state index in [0.717, 1.165) is 17.7 Å². The first-order chi connectivity index (χ1) is 13.3. The lowest BCUT2D eigenvalue weighted by Crippen LogP contribution is -2.08. The number of halogens is 3. The van der Waals surface area contributed by atoms with Crippen LogP contribution in [0, 0.1) is 0 Å². The molecule has 0 aliphatic heterocycles. The maximum absolute atomic E-state index is 12.8. The molecule has 0 unspecified atom stereocenters. The number of nitrogens with zero attached hydrogens (tertiary/aromatic N) is 2. The number of hydrogen-bond acceptors (Lipinski definition) is 4. The largest absolute Gasteiger partial charge is 0.461 e. The summed E-state index contributed by atoms with van der Waals surface area (Å²) in [5, 5.41) is 4.97. The van der Waals surface area contributed by atoms with E-state index in [1.54, 1.807) is 24.8 Å². The van der Waals surface area contributed by atoms with Crippen LogP contribution in [0.2, 0.25) is 0 Å². The van der Waals surface area contributed by atoms with Crippen molar-refractivity contribution < 1.29 is 27.4 Å². The van der Waals surface area contributed by atoms with Gasteiger partial charge in [-0.1, -0.05) is 18.2 Å². The highest BCUT2D eigenvalue weighted by atomic mass is 19.4. The Morgan fingerprint density at radius 2 is 1.79 bits per heavy atom. The number of benzene rings is 2. The predicted octanol–water partition coefficient (Wildman–Crippen LogP) is 4.43. The topological polar surface area (TPSA) is 53.3 Å². The van der Waals surface area contributed by atoms with E-state index in [1.165, 1.54) is 12.1 Å². The summed E-state index contributed by atoms with van der Waals surface area (Å²) in [5.41, 5.74) is 1.66. The van der Waals surface area contributed by atoms with E-state index in [9.17, 15) is 18.0 Å². The molecule has 0 aliphatic rings. The molecular formula is C20H19F3N2O3. The fraction of sp³-hybridized carbons (Fsp3) is 0.300. The Balaban J connectivity index is 2.01. The zero-order valence-electron chi connectivity index (χ0n) is 15.4. The van der Waals surface area contributed by atoms with Crippen molar-refractivity contribution in [2.75, 3.05) is 13.7 Å². The Labute approximate surface area is 159 Å². The average molecular weight is 392 g/mol. The number of rotatable bonds is 6. The molecule has 148 valence electrons. The Morgan fingerprint density at radius 3 is 2.39 bits per heavy atom. The highest BCUT2D eigenvalue weighted by molar-refractivity contribution is 6.02. The van der Waals surface area contributed by atoms with Crippen LogP contribution in [-0.2, 0) is 28.8 Å². The van der Waals surface area contributed by atoms with Crippen molar-refractivity contribution in [1.29, 1.82) is 0 Å². The van der Waals surface area contributed by atoms with Gasteiger partial charge in [-0.15, -0.1) is 0 Å². The number of ether oxygens (including phenoxy) is 2. The second kappa shape index (κ2) is 8.02. The SMILES string of the molecule is CCOC(=O)c1nn(Cc2ccc(C(F)(F)F)cc2)c2cc(COC)ccc12. The molecule has 1 heterocycles. The van der Waals surface area contributed by atoms with Crippen LogP contribution in [0.1, 0.15) is 34.1 Å². The van der Waals surface area contributed by atoms with Crippen LogP contribution in [0.15, 0.2) is 42.5 Å². The Kier molecular flexibility index (Phi) is 5.69. The monoisotopic (exact) mass is 392 g/mol. The fourth-order valence-electron chi connectivity index (χ4n) is 2.92. The highest BCUT2D eigenvalue weighted by Gasteiger charge is 2.30. The minimum absolute atomic E-state index is 0.174. The third-order valence-corrected chi connectivity index (χ3v) is 4.21. The molecule has 0 fully saturated rings. The van der Waals surface area contributed by atoms with Gasteiger partial charge in [0.2, 0.25) is 0 Å². The standard InChI is InChI=1S/C20H19F3N2O3/c1-3-28-19(26)18-16-9-6-14(12-27-2)10-17(16)25(24-18)11-13-4-7-15(8-5-13)20(21,22)23/h4-10H,3,11-12H2,1-2H3. The third kappa shape index (κ3) is 4.17. The number of carbonyl (C=O) groups excluding carboxylic acids is 1. The Morgan fingerprint density at radius 1 is 1.11 bits per heavy atom. The fourth-order valence-corrected chi connectivity index (χ4v) is 2.92. The van der Waals surface area contributed by atoms with E-state index in [0.29, 0.717) is 23.1 Å². The van der Waals surface area contributed by atoms with E-state index in [-0.39, 0.29) is 18.8 Å². The van der Waals surface area contributed by atoms with E-state index >= 15 is 0 Å². The van der Waals surface area contributed by atoms with Gasteiger partial charge in [0.1, 0.15) is 0 Å². The number of hydrogen-bond donors (Lipinski definition) is 0. The van der Waals surface area contributed by atoms with Gasteiger partial charge < -0.3 is 9.47 Å². The summed E-state index contributed by atoms with van der Waals surface area (Å²) in [4.78, 5) is 12.2. The van der Waals surface area contributed by atoms with Crippen LogP contribution >= 0.6 is 0 Å². The van der Waals surface area contributed by atoms with Gasteiger partial charge >= 0.3 is 12.1 Å². The number of methoxy groups -OCH3 is 1. The summed E-state index contributed by atoms with van der Waals surface area (Å²) in [5.74, 6) is -0.543. The lowest BCUT2D eigenvalue weighted by atomic mass is 10.1. The number of carbonyl (C=O) groups is 1. The minimum Gasteiger partial charge on any atom is -0.461 e. The molecule has 0 spiro atoms. The van der Waals surface area contributed by atoms with Crippen LogP contribution < -0.4 is 0 Å². The lowest BCUT2D eigenvalue weighted by molar-refractivity contribution is -0.137. The zero-order valence-corrected chi connectivity index (χ0v) is 15.4. The molecule has 0 atom stereocenters. The van der Waals surface area contributed by atoms with Crippen molar-refractivity contribution in [3.8, 4) is 0 Å². The first kappa shape index (κ1) is 19.9. The first-order valence-corrected chi connectivity index (χ1v) is 8.65. The van der Waals surface area contributed by atoms with Gasteiger partial charge in [-0.05, 0) is 42.3 Å². The second-order valence-electron chi connectivity index (χ2n) is 6.21. The molecule has 3 aromatic rings. The molecule has 0 radical (unpaired) electrons. The van der Waals surface area contributed by atoms with Crippen LogP contribution in [0.25, 0.3) is 10.9 Å². The number of aromatic nitrogens is 2. The molecule has 2 aromatic carbocycles. The second-order valence-corrected chi connectivity index (χ2v) is 6.21. The molecule has 3 rings (SSSR count). The van der Waals surface area contributed by atoms with Gasteiger partial charge in [-0.3, -0.25) is 4.68 Å². The van der Waals surface area contributed by atoms with E-state index in [4.69, 9.17) is 9.47 Å². The van der Waals surface area contributed by atoms with Crippen LogP contribution in [0.5, 0.6) is 0 Å². The molecule has 0 saturated heterocycles. The average Bonchev–Trinajstić information content (AvgIpc) is 3.00. The molecule has 0 bridgehead atoms. The molecule has 0 N–H and O–H groups in total. The molecule has 0 saturated carbocycles. The molecule has 0 amide bonds. The lowest BCUT2D eigenvalue weighted by Gasteiger charge is -2.09. The quantitative estimate of drug-likeness (QED) is 0.583. The van der Waals surface area contributed by atoms with Crippen molar-refractivity contribution >= 4 is 16.9 Å². The molecule has 28 heavy (non-hydrogen) atoms. The van der Waals surface area contributed by atoms with Crippen molar-refractivity contribution in [1.82, 2.24) is 9.78 Å². The van der Waals surface area contributed by atoms with E-state index in [1.807, 2.05) is 12.1 Å². The van der Waals surface area contributed by atoms with E-state index in [2.05, 4.69) is 5.10 Å². The van der Waals surface area contributed by atoms with Crippen LogP contribution in [0.3, 0.4) is 0 Å². The predicted molar refractivity (Wildman–Crippen MR) is 96.9 cm³/mol. The summed E-state index contributed by atoms with van der Waals surface area (Å²) < 4.78 is 50.1. The number of alkyl halides is 3. The van der Waals surface area contributed by atoms with Crippen molar-refractivity contribution in [2.24, 2.45) is 0 Å². The third-order valence-electron chi connectivity index (χ3n) is 4.21. The molecule has 1 aromatic heterocycles. The summed E-state index contributed by atoms with van der Waals surface area (Å²) in [6, 6.07) is 10.3. The van der Waals surface area contributed by atoms with Gasteiger partial charge in [0.25, 0.3) is 0 Å². The maximum Gasteiger partial charge on any atom is 0.416 e. The maximum atomic E-state index is 12.8. The van der Waals surface area contributed by atoms with Crippen LogP contribution in [0.4, 0.5) is 13.2 Å². The number of fused-ring (bicyclic) bond motifs is 1. The van der Waals surface area contributed by atoms with E-state index < -0.39 is 17.7 Å². The van der Waals surface area contributed by atoms with Gasteiger partial charge in [0.05, 0.1) is 30.8 Å².